The van der Waals surface area contributed by atoms with Gasteiger partial charge in [0.15, 0.2) is 0 Å². The molecule has 0 aromatic heterocycles. The van der Waals surface area contributed by atoms with Gasteiger partial charge in [0, 0.05) is 39.2 Å². The number of hydrogen-bond donors (Lipinski definition) is 1. The first-order valence-corrected chi connectivity index (χ1v) is 7.73. The van der Waals surface area contributed by atoms with E-state index in [-0.39, 0.29) is 6.03 Å². The molecular formula is C15H26N2O4. The first kappa shape index (κ1) is 16.1. The van der Waals surface area contributed by atoms with Gasteiger partial charge in [-0.1, -0.05) is 0 Å². The van der Waals surface area contributed by atoms with Crippen molar-refractivity contribution in [2.24, 2.45) is 11.3 Å². The zero-order valence-electron chi connectivity index (χ0n) is 13.0. The van der Waals surface area contributed by atoms with Crippen LogP contribution in [0.1, 0.15) is 32.6 Å². The molecule has 0 aliphatic carbocycles. The van der Waals surface area contributed by atoms with Gasteiger partial charge in [-0.05, 0) is 32.6 Å². The number of aliphatic carboxylic acids is 1. The van der Waals surface area contributed by atoms with Gasteiger partial charge in [0.05, 0.1) is 12.0 Å². The van der Waals surface area contributed by atoms with Gasteiger partial charge in [-0.2, -0.15) is 0 Å². The van der Waals surface area contributed by atoms with Crippen LogP contribution in [0.15, 0.2) is 0 Å². The van der Waals surface area contributed by atoms with Gasteiger partial charge in [-0.25, -0.2) is 4.79 Å². The van der Waals surface area contributed by atoms with Gasteiger partial charge in [0.1, 0.15) is 0 Å². The van der Waals surface area contributed by atoms with Crippen molar-refractivity contribution in [2.75, 3.05) is 39.9 Å². The molecule has 2 aliphatic heterocycles. The van der Waals surface area contributed by atoms with Crippen molar-refractivity contribution in [3.05, 3.63) is 0 Å². The van der Waals surface area contributed by atoms with Crippen LogP contribution in [0.5, 0.6) is 0 Å². The summed E-state index contributed by atoms with van der Waals surface area (Å²) in [6.07, 6.45) is 3.21. The van der Waals surface area contributed by atoms with Crippen LogP contribution in [-0.2, 0) is 9.53 Å². The second kappa shape index (κ2) is 6.64. The first-order chi connectivity index (χ1) is 9.92. The van der Waals surface area contributed by atoms with Crippen LogP contribution in [0.3, 0.4) is 0 Å². The summed E-state index contributed by atoms with van der Waals surface area (Å²) >= 11 is 0. The Balaban J connectivity index is 1.82. The Labute approximate surface area is 126 Å². The Hall–Kier alpha value is -1.30. The van der Waals surface area contributed by atoms with E-state index in [2.05, 4.69) is 0 Å². The summed E-state index contributed by atoms with van der Waals surface area (Å²) in [7, 11) is 1.82. The first-order valence-electron chi connectivity index (χ1n) is 7.73. The summed E-state index contributed by atoms with van der Waals surface area (Å²) in [4.78, 5) is 27.2. The number of carbonyl (C=O) groups is 2. The monoisotopic (exact) mass is 298 g/mol. The molecule has 2 heterocycles. The summed E-state index contributed by atoms with van der Waals surface area (Å²) in [6.45, 7) is 5.08. The molecule has 1 atom stereocenters. The van der Waals surface area contributed by atoms with E-state index in [4.69, 9.17) is 4.74 Å². The van der Waals surface area contributed by atoms with Crippen molar-refractivity contribution in [3.8, 4) is 0 Å². The van der Waals surface area contributed by atoms with Gasteiger partial charge >= 0.3 is 12.0 Å². The third kappa shape index (κ3) is 3.87. The topological polar surface area (TPSA) is 70.1 Å². The van der Waals surface area contributed by atoms with Crippen LogP contribution >= 0.6 is 0 Å². The Bertz CT molecular complexity index is 385. The number of carbonyl (C=O) groups excluding carboxylic acids is 1. The van der Waals surface area contributed by atoms with Gasteiger partial charge in [-0.15, -0.1) is 0 Å². The van der Waals surface area contributed by atoms with Crippen LogP contribution in [-0.4, -0.2) is 66.8 Å². The van der Waals surface area contributed by atoms with E-state index in [0.29, 0.717) is 38.4 Å². The largest absolute Gasteiger partial charge is 0.481 e. The van der Waals surface area contributed by atoms with Crippen LogP contribution in [0.2, 0.25) is 0 Å². The number of carboxylic acids is 1. The van der Waals surface area contributed by atoms with Gasteiger partial charge in [0.25, 0.3) is 0 Å². The second-order valence-electron chi connectivity index (χ2n) is 6.60. The number of amides is 2. The number of ether oxygens (including phenoxy) is 1. The molecule has 6 heteroatoms. The van der Waals surface area contributed by atoms with Crippen molar-refractivity contribution in [1.82, 2.24) is 9.80 Å². The molecule has 120 valence electrons. The molecule has 6 nitrogen and oxygen atoms in total. The van der Waals surface area contributed by atoms with E-state index in [9.17, 15) is 14.7 Å². The third-order valence-electron chi connectivity index (χ3n) is 4.77. The quantitative estimate of drug-likeness (QED) is 0.860. The molecule has 1 unspecified atom stereocenters. The molecule has 0 radical (unpaired) electrons. The smallest absolute Gasteiger partial charge is 0.319 e. The predicted octanol–water partition coefficient (Wildman–Crippen LogP) is 1.65. The molecule has 0 bridgehead atoms. The summed E-state index contributed by atoms with van der Waals surface area (Å²) in [5.41, 5.74) is -0.688. The van der Waals surface area contributed by atoms with Crippen LogP contribution in [0, 0.1) is 11.3 Å². The average Bonchev–Trinajstić information content (AvgIpc) is 2.48. The highest BCUT2D eigenvalue weighted by molar-refractivity contribution is 5.77. The van der Waals surface area contributed by atoms with E-state index in [0.717, 1.165) is 26.1 Å². The highest BCUT2D eigenvalue weighted by Crippen LogP contribution is 2.31. The number of carboxylic acid groups (broad SMARTS) is 1. The van der Waals surface area contributed by atoms with Crippen LogP contribution in [0.4, 0.5) is 4.79 Å². The molecule has 2 aliphatic rings. The van der Waals surface area contributed by atoms with Crippen molar-refractivity contribution >= 4 is 12.0 Å². The minimum atomic E-state index is -0.762. The van der Waals surface area contributed by atoms with Gasteiger partial charge < -0.3 is 19.6 Å². The van der Waals surface area contributed by atoms with Crippen molar-refractivity contribution < 1.29 is 19.4 Å². The van der Waals surface area contributed by atoms with Crippen molar-refractivity contribution in [1.29, 1.82) is 0 Å². The lowest BCUT2D eigenvalue weighted by molar-refractivity contribution is -0.150. The number of piperidine rings is 1. The summed E-state index contributed by atoms with van der Waals surface area (Å²) < 4.78 is 5.45. The summed E-state index contributed by atoms with van der Waals surface area (Å²) in [5.74, 6) is -0.343. The predicted molar refractivity (Wildman–Crippen MR) is 78.1 cm³/mol. The molecule has 2 rings (SSSR count). The number of likely N-dealkylation sites (tertiary alicyclic amines) is 1. The molecule has 0 aromatic carbocycles. The highest BCUT2D eigenvalue weighted by atomic mass is 16.5. The molecule has 21 heavy (non-hydrogen) atoms. The Morgan fingerprint density at radius 3 is 2.57 bits per heavy atom. The van der Waals surface area contributed by atoms with Gasteiger partial charge in [0.2, 0.25) is 0 Å². The molecule has 0 saturated carbocycles. The minimum Gasteiger partial charge on any atom is -0.481 e. The fourth-order valence-electron chi connectivity index (χ4n) is 3.06. The molecule has 2 saturated heterocycles. The Morgan fingerprint density at radius 1 is 1.38 bits per heavy atom. The molecule has 1 N–H and O–H groups in total. The van der Waals surface area contributed by atoms with Crippen LogP contribution in [0.25, 0.3) is 0 Å². The molecule has 0 spiro atoms. The molecular weight excluding hydrogens is 272 g/mol. The highest BCUT2D eigenvalue weighted by Gasteiger charge is 2.38. The standard InChI is InChI=1S/C15H26N2O4/c1-15(13(18)19)5-7-17(8-6-15)14(20)16(2)10-12-4-3-9-21-11-12/h12H,3-11H2,1-2H3,(H,18,19). The van der Waals surface area contributed by atoms with E-state index < -0.39 is 11.4 Å². The van der Waals surface area contributed by atoms with E-state index in [1.54, 1.807) is 16.7 Å². The van der Waals surface area contributed by atoms with E-state index >= 15 is 0 Å². The fraction of sp³-hybridized carbons (Fsp3) is 0.867. The van der Waals surface area contributed by atoms with Crippen LogP contribution < -0.4 is 0 Å². The maximum Gasteiger partial charge on any atom is 0.319 e. The lowest BCUT2D eigenvalue weighted by Crippen LogP contribution is -2.50. The Kier molecular flexibility index (Phi) is 5.08. The fourth-order valence-corrected chi connectivity index (χ4v) is 3.06. The summed E-state index contributed by atoms with van der Waals surface area (Å²) in [6, 6.07) is 0.00742. The zero-order valence-corrected chi connectivity index (χ0v) is 13.0. The number of rotatable bonds is 3. The normalized spacial score (nSPS) is 25.4. The number of hydrogen-bond acceptors (Lipinski definition) is 3. The molecule has 2 amide bonds. The lowest BCUT2D eigenvalue weighted by atomic mass is 9.80. The van der Waals surface area contributed by atoms with Gasteiger partial charge in [-0.3, -0.25) is 4.79 Å². The van der Waals surface area contributed by atoms with Crippen molar-refractivity contribution in [2.45, 2.75) is 32.6 Å². The second-order valence-corrected chi connectivity index (χ2v) is 6.60. The van der Waals surface area contributed by atoms with E-state index in [1.165, 1.54) is 0 Å². The maximum atomic E-state index is 12.4. The van der Waals surface area contributed by atoms with Crippen molar-refractivity contribution in [3.63, 3.8) is 0 Å². The summed E-state index contributed by atoms with van der Waals surface area (Å²) in [5, 5.41) is 9.22. The minimum absolute atomic E-state index is 0.00742. The SMILES string of the molecule is CN(CC1CCCOC1)C(=O)N1CCC(C)(C(=O)O)CC1. The number of urea groups is 1. The third-order valence-corrected chi connectivity index (χ3v) is 4.77. The number of nitrogens with zero attached hydrogens (tertiary/aromatic N) is 2. The zero-order chi connectivity index (χ0) is 15.5. The Morgan fingerprint density at radius 2 is 2.05 bits per heavy atom. The molecule has 2 fully saturated rings. The van der Waals surface area contributed by atoms with E-state index in [1.807, 2.05) is 7.05 Å². The maximum absolute atomic E-state index is 12.4. The lowest BCUT2D eigenvalue weighted by Gasteiger charge is -2.38. The average molecular weight is 298 g/mol. The molecule has 0 aromatic rings.